The molecular formula is C18H13BrO2S. The molecule has 0 saturated carbocycles. The number of carbonyl (C=O) groups is 1. The molecule has 0 atom stereocenters. The van der Waals surface area contributed by atoms with E-state index < -0.39 is 0 Å². The van der Waals surface area contributed by atoms with Crippen LogP contribution in [-0.2, 0) is 0 Å². The zero-order valence-corrected chi connectivity index (χ0v) is 14.3. The van der Waals surface area contributed by atoms with Crippen molar-refractivity contribution in [1.29, 1.82) is 0 Å². The van der Waals surface area contributed by atoms with E-state index in [0.717, 1.165) is 10.0 Å². The van der Waals surface area contributed by atoms with Crippen LogP contribution in [0.3, 0.4) is 0 Å². The minimum absolute atomic E-state index is 0.0252. The molecule has 0 unspecified atom stereocenters. The maximum absolute atomic E-state index is 12.7. The van der Waals surface area contributed by atoms with Crippen LogP contribution in [0.15, 0.2) is 74.6 Å². The van der Waals surface area contributed by atoms with E-state index in [1.54, 1.807) is 0 Å². The summed E-state index contributed by atoms with van der Waals surface area (Å²) in [6, 6.07) is 19.0. The normalized spacial score (nSPS) is 10.6. The number of ketones is 1. The van der Waals surface area contributed by atoms with Gasteiger partial charge in [0, 0.05) is 15.6 Å². The quantitative estimate of drug-likeness (QED) is 0.437. The Balaban J connectivity index is 2.01. The van der Waals surface area contributed by atoms with Crippen molar-refractivity contribution in [3.63, 3.8) is 0 Å². The monoisotopic (exact) mass is 372 g/mol. The third-order valence-corrected chi connectivity index (χ3v) is 4.50. The zero-order valence-electron chi connectivity index (χ0n) is 11.9. The molecule has 0 aliphatic carbocycles. The zero-order chi connectivity index (χ0) is 15.5. The van der Waals surface area contributed by atoms with Crippen LogP contribution < -0.4 is 0 Å². The molecule has 0 saturated heterocycles. The molecule has 3 aromatic rings. The highest BCUT2D eigenvalue weighted by molar-refractivity contribution is 9.10. The summed E-state index contributed by atoms with van der Waals surface area (Å²) in [5.41, 5.74) is 2.22. The molecule has 0 bridgehead atoms. The van der Waals surface area contributed by atoms with E-state index >= 15 is 0 Å². The third-order valence-electron chi connectivity index (χ3n) is 3.29. The lowest BCUT2D eigenvalue weighted by Crippen LogP contribution is -2.00. The molecule has 4 heteroatoms. The molecule has 2 aromatic carbocycles. The van der Waals surface area contributed by atoms with Gasteiger partial charge in [-0.1, -0.05) is 58.0 Å². The van der Waals surface area contributed by atoms with Gasteiger partial charge in [0.25, 0.3) is 0 Å². The predicted molar refractivity (Wildman–Crippen MR) is 93.5 cm³/mol. The number of thioether (sulfide) groups is 1. The van der Waals surface area contributed by atoms with E-state index in [1.165, 1.54) is 11.8 Å². The van der Waals surface area contributed by atoms with E-state index in [-0.39, 0.29) is 5.78 Å². The fraction of sp³-hybridized carbons (Fsp3) is 0.0556. The standard InChI is InChI=1S/C18H13BrO2S/c1-22-18-15(17(20)13-7-9-14(19)10-8-13)11-16(21-18)12-5-3-2-4-6-12/h2-11H,1H3. The van der Waals surface area contributed by atoms with Gasteiger partial charge in [0.05, 0.1) is 5.56 Å². The van der Waals surface area contributed by atoms with E-state index in [1.807, 2.05) is 66.9 Å². The van der Waals surface area contributed by atoms with Crippen molar-refractivity contribution in [3.8, 4) is 11.3 Å². The van der Waals surface area contributed by atoms with Crippen molar-refractivity contribution in [2.45, 2.75) is 5.09 Å². The number of hydrogen-bond donors (Lipinski definition) is 0. The molecule has 1 aromatic heterocycles. The first kappa shape index (κ1) is 15.1. The number of benzene rings is 2. The van der Waals surface area contributed by atoms with Crippen molar-refractivity contribution < 1.29 is 9.21 Å². The predicted octanol–water partition coefficient (Wildman–Crippen LogP) is 5.66. The van der Waals surface area contributed by atoms with Crippen molar-refractivity contribution >= 4 is 33.5 Å². The van der Waals surface area contributed by atoms with Gasteiger partial charge in [-0.2, -0.15) is 0 Å². The van der Waals surface area contributed by atoms with Crippen molar-refractivity contribution in [2.24, 2.45) is 0 Å². The van der Waals surface area contributed by atoms with Gasteiger partial charge in [-0.3, -0.25) is 4.79 Å². The summed E-state index contributed by atoms with van der Waals surface area (Å²) in [6.45, 7) is 0. The molecular weight excluding hydrogens is 360 g/mol. The SMILES string of the molecule is CSc1oc(-c2ccccc2)cc1C(=O)c1ccc(Br)cc1. The summed E-state index contributed by atoms with van der Waals surface area (Å²) in [5.74, 6) is 0.688. The van der Waals surface area contributed by atoms with Crippen LogP contribution >= 0.6 is 27.7 Å². The summed E-state index contributed by atoms with van der Waals surface area (Å²) in [4.78, 5) is 12.7. The Morgan fingerprint density at radius 3 is 2.36 bits per heavy atom. The van der Waals surface area contributed by atoms with Crippen LogP contribution in [-0.4, -0.2) is 12.0 Å². The third kappa shape index (κ3) is 3.03. The minimum atomic E-state index is -0.0252. The second-order valence-electron chi connectivity index (χ2n) is 4.72. The first-order chi connectivity index (χ1) is 10.7. The summed E-state index contributed by atoms with van der Waals surface area (Å²) in [7, 11) is 0. The van der Waals surface area contributed by atoms with Gasteiger partial charge in [0.15, 0.2) is 10.9 Å². The summed E-state index contributed by atoms with van der Waals surface area (Å²) >= 11 is 4.82. The number of hydrogen-bond acceptors (Lipinski definition) is 3. The summed E-state index contributed by atoms with van der Waals surface area (Å²) in [5, 5.41) is 0.645. The van der Waals surface area contributed by atoms with Gasteiger partial charge in [0.2, 0.25) is 0 Å². The Bertz CT molecular complexity index is 792. The fourth-order valence-electron chi connectivity index (χ4n) is 2.19. The van der Waals surface area contributed by atoms with Gasteiger partial charge in [0.1, 0.15) is 5.76 Å². The van der Waals surface area contributed by atoms with Crippen LogP contribution in [0.4, 0.5) is 0 Å². The number of furan rings is 1. The number of carbonyl (C=O) groups excluding carboxylic acids is 1. The molecule has 22 heavy (non-hydrogen) atoms. The topological polar surface area (TPSA) is 30.2 Å². The highest BCUT2D eigenvalue weighted by Gasteiger charge is 2.19. The van der Waals surface area contributed by atoms with Crippen LogP contribution in [0.25, 0.3) is 11.3 Å². The lowest BCUT2D eigenvalue weighted by atomic mass is 10.1. The molecule has 0 fully saturated rings. The average molecular weight is 373 g/mol. The maximum Gasteiger partial charge on any atom is 0.197 e. The molecule has 3 rings (SSSR count). The average Bonchev–Trinajstić information content (AvgIpc) is 3.00. The van der Waals surface area contributed by atoms with Crippen LogP contribution in [0.5, 0.6) is 0 Å². The molecule has 110 valence electrons. The van der Waals surface area contributed by atoms with Gasteiger partial charge < -0.3 is 4.42 Å². The highest BCUT2D eigenvalue weighted by Crippen LogP contribution is 2.32. The Morgan fingerprint density at radius 1 is 1.05 bits per heavy atom. The first-order valence-electron chi connectivity index (χ1n) is 6.72. The van der Waals surface area contributed by atoms with Crippen LogP contribution in [0.1, 0.15) is 15.9 Å². The molecule has 1 heterocycles. The van der Waals surface area contributed by atoms with Gasteiger partial charge in [-0.25, -0.2) is 0 Å². The van der Waals surface area contributed by atoms with Gasteiger partial charge in [-0.15, -0.1) is 0 Å². The van der Waals surface area contributed by atoms with Gasteiger partial charge in [-0.05, 0) is 36.6 Å². The van der Waals surface area contributed by atoms with E-state index in [4.69, 9.17) is 4.42 Å². The van der Waals surface area contributed by atoms with Crippen LogP contribution in [0, 0.1) is 0 Å². The largest absolute Gasteiger partial charge is 0.449 e. The molecule has 0 spiro atoms. The Morgan fingerprint density at radius 2 is 1.73 bits per heavy atom. The van der Waals surface area contributed by atoms with E-state index in [9.17, 15) is 4.79 Å². The second-order valence-corrected chi connectivity index (χ2v) is 6.41. The van der Waals surface area contributed by atoms with E-state index in [0.29, 0.717) is 22.0 Å². The molecule has 0 aliphatic heterocycles. The molecule has 0 amide bonds. The molecule has 0 aliphatic rings. The van der Waals surface area contributed by atoms with Crippen molar-refractivity contribution in [1.82, 2.24) is 0 Å². The minimum Gasteiger partial charge on any atom is -0.449 e. The van der Waals surface area contributed by atoms with Crippen molar-refractivity contribution in [3.05, 3.63) is 76.3 Å². The first-order valence-corrected chi connectivity index (χ1v) is 8.74. The van der Waals surface area contributed by atoms with Crippen molar-refractivity contribution in [2.75, 3.05) is 6.26 Å². The van der Waals surface area contributed by atoms with Gasteiger partial charge >= 0.3 is 0 Å². The summed E-state index contributed by atoms with van der Waals surface area (Å²) < 4.78 is 6.80. The Labute approximate surface area is 141 Å². The molecule has 0 N–H and O–H groups in total. The Kier molecular flexibility index (Phi) is 4.50. The highest BCUT2D eigenvalue weighted by atomic mass is 79.9. The molecule has 0 radical (unpaired) electrons. The van der Waals surface area contributed by atoms with E-state index in [2.05, 4.69) is 15.9 Å². The fourth-order valence-corrected chi connectivity index (χ4v) is 2.99. The number of halogens is 1. The maximum atomic E-state index is 12.7. The Hall–Kier alpha value is -1.78. The van der Waals surface area contributed by atoms with Crippen LogP contribution in [0.2, 0.25) is 0 Å². The molecule has 2 nitrogen and oxygen atoms in total. The lowest BCUT2D eigenvalue weighted by molar-refractivity contribution is 0.103. The smallest absolute Gasteiger partial charge is 0.197 e. The lowest BCUT2D eigenvalue weighted by Gasteiger charge is -2.00. The summed E-state index contributed by atoms with van der Waals surface area (Å²) in [6.07, 6.45) is 1.91. The second kappa shape index (κ2) is 6.55. The number of rotatable bonds is 4.